The number of nitrogens with one attached hydrogen (secondary N) is 1. The minimum Gasteiger partial charge on any atom is -0.481 e. The predicted molar refractivity (Wildman–Crippen MR) is 52.3 cm³/mol. The molecule has 0 fully saturated rings. The van der Waals surface area contributed by atoms with Crippen LogP contribution in [0.25, 0.3) is 0 Å². The van der Waals surface area contributed by atoms with Crippen molar-refractivity contribution in [3.8, 4) is 5.88 Å². The zero-order valence-electron chi connectivity index (χ0n) is 8.46. The third-order valence-corrected chi connectivity index (χ3v) is 1.35. The standard InChI is InChI=1S/C7H10N2O2.C2H6/c1-5-3-6(9-10)4-8-7(5)11-2;1-2/h3-4,9-10H,1-2H3;1-2H3. The molecule has 0 aromatic carbocycles. The number of ether oxygens (including phenoxy) is 1. The third kappa shape index (κ3) is 3.29. The minimum atomic E-state index is 0.559. The van der Waals surface area contributed by atoms with E-state index in [4.69, 9.17) is 9.94 Å². The number of nitrogens with zero attached hydrogens (tertiary/aromatic N) is 1. The molecule has 4 heteroatoms. The number of anilines is 1. The molecule has 0 spiro atoms. The Hall–Kier alpha value is -1.29. The van der Waals surface area contributed by atoms with Crippen LogP contribution >= 0.6 is 0 Å². The van der Waals surface area contributed by atoms with E-state index in [-0.39, 0.29) is 0 Å². The smallest absolute Gasteiger partial charge is 0.216 e. The molecule has 0 amide bonds. The summed E-state index contributed by atoms with van der Waals surface area (Å²) in [7, 11) is 1.56. The number of pyridine rings is 1. The van der Waals surface area contributed by atoms with Crippen LogP contribution in [0.5, 0.6) is 5.88 Å². The van der Waals surface area contributed by atoms with E-state index in [1.54, 1.807) is 13.2 Å². The molecule has 0 bridgehead atoms. The topological polar surface area (TPSA) is 54.4 Å². The Kier molecular flexibility index (Phi) is 5.63. The largest absolute Gasteiger partial charge is 0.481 e. The van der Waals surface area contributed by atoms with E-state index in [0.29, 0.717) is 11.6 Å². The zero-order chi connectivity index (χ0) is 10.3. The minimum absolute atomic E-state index is 0.559. The number of rotatable bonds is 2. The number of hydrogen-bond acceptors (Lipinski definition) is 4. The average Bonchev–Trinajstić information content (AvgIpc) is 2.20. The molecule has 0 aliphatic rings. The summed E-state index contributed by atoms with van der Waals surface area (Å²) in [5.41, 5.74) is 3.44. The van der Waals surface area contributed by atoms with Crippen LogP contribution in [0.3, 0.4) is 0 Å². The van der Waals surface area contributed by atoms with E-state index in [0.717, 1.165) is 5.56 Å². The molecule has 0 radical (unpaired) electrons. The summed E-state index contributed by atoms with van der Waals surface area (Å²) < 4.78 is 4.92. The first kappa shape index (κ1) is 11.7. The fraction of sp³-hybridized carbons (Fsp3) is 0.444. The van der Waals surface area contributed by atoms with E-state index >= 15 is 0 Å². The highest BCUT2D eigenvalue weighted by atomic mass is 16.5. The van der Waals surface area contributed by atoms with Gasteiger partial charge < -0.3 is 4.74 Å². The Balaban J connectivity index is 0.000000671. The predicted octanol–water partition coefficient (Wildman–Crippen LogP) is 2.23. The molecule has 0 unspecified atom stereocenters. The van der Waals surface area contributed by atoms with Gasteiger partial charge in [0, 0.05) is 5.56 Å². The Labute approximate surface area is 78.5 Å². The van der Waals surface area contributed by atoms with Crippen LogP contribution in [0.4, 0.5) is 5.69 Å². The summed E-state index contributed by atoms with van der Waals surface area (Å²) >= 11 is 0. The molecule has 1 aromatic rings. The van der Waals surface area contributed by atoms with E-state index in [1.165, 1.54) is 6.20 Å². The van der Waals surface area contributed by atoms with Gasteiger partial charge in [0.1, 0.15) is 0 Å². The van der Waals surface area contributed by atoms with Crippen molar-refractivity contribution in [2.45, 2.75) is 20.8 Å². The van der Waals surface area contributed by atoms with Crippen LogP contribution in [-0.2, 0) is 0 Å². The van der Waals surface area contributed by atoms with Crippen LogP contribution in [0.15, 0.2) is 12.3 Å². The van der Waals surface area contributed by atoms with Gasteiger partial charge in [-0.3, -0.25) is 10.7 Å². The Bertz CT molecular complexity index is 251. The lowest BCUT2D eigenvalue weighted by atomic mass is 10.3. The van der Waals surface area contributed by atoms with Crippen LogP contribution in [0.1, 0.15) is 19.4 Å². The van der Waals surface area contributed by atoms with Gasteiger partial charge in [-0.15, -0.1) is 0 Å². The summed E-state index contributed by atoms with van der Waals surface area (Å²) in [5.74, 6) is 0.573. The quantitative estimate of drug-likeness (QED) is 0.692. The maximum atomic E-state index is 8.49. The number of hydrogen-bond donors (Lipinski definition) is 2. The second kappa shape index (κ2) is 6.25. The molecular formula is C9H16N2O2. The fourth-order valence-electron chi connectivity index (χ4n) is 0.837. The molecule has 1 rings (SSSR count). The lowest BCUT2D eigenvalue weighted by molar-refractivity contribution is 0.384. The molecule has 0 saturated carbocycles. The van der Waals surface area contributed by atoms with Gasteiger partial charge in [-0.25, -0.2) is 4.98 Å². The zero-order valence-corrected chi connectivity index (χ0v) is 8.46. The highest BCUT2D eigenvalue weighted by Gasteiger charge is 1.99. The van der Waals surface area contributed by atoms with Crippen molar-refractivity contribution in [3.05, 3.63) is 17.8 Å². The molecule has 0 aliphatic carbocycles. The first-order valence-corrected chi connectivity index (χ1v) is 4.18. The lowest BCUT2D eigenvalue weighted by Gasteiger charge is -2.03. The van der Waals surface area contributed by atoms with Crippen molar-refractivity contribution in [1.29, 1.82) is 0 Å². The molecule has 13 heavy (non-hydrogen) atoms. The van der Waals surface area contributed by atoms with E-state index in [9.17, 15) is 0 Å². The molecule has 0 aliphatic heterocycles. The average molecular weight is 184 g/mol. The molecule has 74 valence electrons. The van der Waals surface area contributed by atoms with Crippen molar-refractivity contribution in [1.82, 2.24) is 4.98 Å². The van der Waals surface area contributed by atoms with Gasteiger partial charge in [-0.2, -0.15) is 0 Å². The Morgan fingerprint density at radius 1 is 1.46 bits per heavy atom. The summed E-state index contributed by atoms with van der Waals surface area (Å²) in [5, 5.41) is 8.49. The van der Waals surface area contributed by atoms with Gasteiger partial charge >= 0.3 is 0 Å². The summed E-state index contributed by atoms with van der Waals surface area (Å²) in [6.45, 7) is 5.85. The first-order valence-electron chi connectivity index (χ1n) is 4.18. The van der Waals surface area contributed by atoms with Gasteiger partial charge in [0.05, 0.1) is 19.0 Å². The monoisotopic (exact) mass is 184 g/mol. The van der Waals surface area contributed by atoms with Crippen molar-refractivity contribution in [2.75, 3.05) is 12.6 Å². The van der Waals surface area contributed by atoms with Crippen LogP contribution < -0.4 is 10.2 Å². The lowest BCUT2D eigenvalue weighted by Crippen LogP contribution is -1.94. The van der Waals surface area contributed by atoms with Gasteiger partial charge in [0.2, 0.25) is 5.88 Å². The number of aromatic nitrogens is 1. The van der Waals surface area contributed by atoms with Gasteiger partial charge in [-0.1, -0.05) is 13.8 Å². The maximum Gasteiger partial charge on any atom is 0.216 e. The van der Waals surface area contributed by atoms with Gasteiger partial charge in [0.15, 0.2) is 0 Å². The summed E-state index contributed by atoms with van der Waals surface area (Å²) in [6.07, 6.45) is 1.49. The molecular weight excluding hydrogens is 168 g/mol. The second-order valence-corrected chi connectivity index (χ2v) is 2.16. The van der Waals surface area contributed by atoms with E-state index in [1.807, 2.05) is 26.3 Å². The number of aryl methyl sites for hydroxylation is 1. The van der Waals surface area contributed by atoms with Crippen LogP contribution in [-0.4, -0.2) is 17.3 Å². The summed E-state index contributed by atoms with van der Waals surface area (Å²) in [4.78, 5) is 3.92. The second-order valence-electron chi connectivity index (χ2n) is 2.16. The normalized spacial score (nSPS) is 8.38. The van der Waals surface area contributed by atoms with Crippen LogP contribution in [0, 0.1) is 6.92 Å². The van der Waals surface area contributed by atoms with E-state index < -0.39 is 0 Å². The highest BCUT2D eigenvalue weighted by Crippen LogP contribution is 2.16. The highest BCUT2D eigenvalue weighted by molar-refractivity contribution is 5.44. The van der Waals surface area contributed by atoms with Crippen molar-refractivity contribution in [2.24, 2.45) is 0 Å². The Morgan fingerprint density at radius 3 is 2.46 bits per heavy atom. The van der Waals surface area contributed by atoms with E-state index in [2.05, 4.69) is 4.98 Å². The molecule has 4 nitrogen and oxygen atoms in total. The molecule has 0 atom stereocenters. The van der Waals surface area contributed by atoms with Gasteiger partial charge in [-0.05, 0) is 13.0 Å². The number of methoxy groups -OCH3 is 1. The first-order chi connectivity index (χ1) is 6.27. The maximum absolute atomic E-state index is 8.49. The molecule has 0 saturated heterocycles. The fourth-order valence-corrected chi connectivity index (χ4v) is 0.837. The molecule has 1 heterocycles. The molecule has 2 N–H and O–H groups in total. The molecule has 1 aromatic heterocycles. The SMILES string of the molecule is CC.COc1ncc(NO)cc1C. The Morgan fingerprint density at radius 2 is 2.08 bits per heavy atom. The van der Waals surface area contributed by atoms with Gasteiger partial charge in [0.25, 0.3) is 0 Å². The summed E-state index contributed by atoms with van der Waals surface area (Å²) in [6, 6.07) is 1.74. The van der Waals surface area contributed by atoms with Crippen LogP contribution in [0.2, 0.25) is 0 Å². The van der Waals surface area contributed by atoms with Crippen molar-refractivity contribution >= 4 is 5.69 Å². The third-order valence-electron chi connectivity index (χ3n) is 1.35. The van der Waals surface area contributed by atoms with Crippen molar-refractivity contribution < 1.29 is 9.94 Å². The van der Waals surface area contributed by atoms with Crippen molar-refractivity contribution in [3.63, 3.8) is 0 Å².